The van der Waals surface area contributed by atoms with Crippen LogP contribution in [0.1, 0.15) is 0 Å². The Balaban J connectivity index is 1.58. The molecule has 1 aromatic rings. The maximum absolute atomic E-state index is 5.99. The first-order valence-electron chi connectivity index (χ1n) is 6.14. The highest BCUT2D eigenvalue weighted by molar-refractivity contribution is 6.30. The summed E-state index contributed by atoms with van der Waals surface area (Å²) in [6.07, 6.45) is -0.410. The molecule has 0 amide bonds. The van der Waals surface area contributed by atoms with E-state index < -0.39 is 0 Å². The Morgan fingerprint density at radius 3 is 3.20 bits per heavy atom. The number of halogens is 1. The number of amidine groups is 1. The van der Waals surface area contributed by atoms with Crippen LogP contribution in [-0.2, 0) is 4.94 Å². The van der Waals surface area contributed by atoms with Crippen molar-refractivity contribution in [1.82, 2.24) is 32.4 Å². The monoisotopic (exact) mass is 296 g/mol. The summed E-state index contributed by atoms with van der Waals surface area (Å²) in [5.41, 5.74) is 12.3. The molecule has 4 rings (SSSR count). The van der Waals surface area contributed by atoms with Gasteiger partial charge in [-0.1, -0.05) is 17.7 Å². The van der Waals surface area contributed by atoms with Crippen molar-refractivity contribution in [3.8, 4) is 0 Å². The number of piperazine rings is 1. The van der Waals surface area contributed by atoms with Crippen LogP contribution in [0, 0.1) is 0 Å². The van der Waals surface area contributed by atoms with Crippen LogP contribution in [0.2, 0.25) is 5.02 Å². The quantitative estimate of drug-likeness (QED) is 0.414. The minimum absolute atomic E-state index is 0.0990. The van der Waals surface area contributed by atoms with Gasteiger partial charge in [0, 0.05) is 10.7 Å². The van der Waals surface area contributed by atoms with Gasteiger partial charge in [-0.3, -0.25) is 5.32 Å². The number of hydrazine groups is 2. The van der Waals surface area contributed by atoms with E-state index in [1.165, 1.54) is 0 Å². The van der Waals surface area contributed by atoms with E-state index in [-0.39, 0.29) is 18.5 Å². The molecule has 0 aliphatic carbocycles. The molecule has 20 heavy (non-hydrogen) atoms. The van der Waals surface area contributed by atoms with E-state index in [0.717, 1.165) is 11.5 Å². The number of fused-ring (bicyclic) bond motifs is 3. The number of hydrogen-bond donors (Lipinski definition) is 6. The molecule has 9 nitrogen and oxygen atoms in total. The predicted octanol–water partition coefficient (Wildman–Crippen LogP) is -0.989. The van der Waals surface area contributed by atoms with Crippen LogP contribution in [0.5, 0.6) is 0 Å². The molecule has 2 saturated heterocycles. The Labute approximate surface area is 119 Å². The van der Waals surface area contributed by atoms with Crippen LogP contribution in [0.3, 0.4) is 0 Å². The maximum Gasteiger partial charge on any atom is 0.181 e. The standard InChI is InChI=1S/C10H13ClN8O/c11-5-2-1-3-6(4-5)12-7-9-14-17-18-19(9)10-8(13-7)15-20-16-10/h1-4,7-8,10,12-13,15-18H. The number of hydroxylamine groups is 2. The highest BCUT2D eigenvalue weighted by Gasteiger charge is 2.45. The fourth-order valence-electron chi connectivity index (χ4n) is 2.39. The largest absolute Gasteiger partial charge is 0.363 e. The van der Waals surface area contributed by atoms with Gasteiger partial charge in [-0.2, -0.15) is 11.0 Å². The summed E-state index contributed by atoms with van der Waals surface area (Å²) in [7, 11) is 0. The van der Waals surface area contributed by atoms with Crippen LogP contribution in [0.15, 0.2) is 29.4 Å². The summed E-state index contributed by atoms with van der Waals surface area (Å²) >= 11 is 5.99. The van der Waals surface area contributed by atoms with Crippen molar-refractivity contribution < 1.29 is 4.94 Å². The zero-order valence-corrected chi connectivity index (χ0v) is 11.0. The van der Waals surface area contributed by atoms with Crippen molar-refractivity contribution in [2.45, 2.75) is 18.5 Å². The average Bonchev–Trinajstić information content (AvgIpc) is 3.06. The fourth-order valence-corrected chi connectivity index (χ4v) is 2.58. The minimum Gasteiger partial charge on any atom is -0.363 e. The molecule has 10 heteroatoms. The second-order valence-electron chi connectivity index (χ2n) is 4.58. The van der Waals surface area contributed by atoms with Crippen LogP contribution in [0.4, 0.5) is 5.69 Å². The summed E-state index contributed by atoms with van der Waals surface area (Å²) in [5.74, 6) is 0.769. The lowest BCUT2D eigenvalue weighted by molar-refractivity contribution is -0.00391. The van der Waals surface area contributed by atoms with Crippen LogP contribution >= 0.6 is 11.6 Å². The Morgan fingerprint density at radius 1 is 1.35 bits per heavy atom. The molecular formula is C10H13ClN8O. The third kappa shape index (κ3) is 1.97. The Hall–Kier alpha value is -1.62. The Bertz CT molecular complexity index is 554. The van der Waals surface area contributed by atoms with E-state index >= 15 is 0 Å². The number of rotatable bonds is 2. The molecule has 0 saturated carbocycles. The third-order valence-electron chi connectivity index (χ3n) is 3.29. The van der Waals surface area contributed by atoms with Crippen molar-refractivity contribution in [1.29, 1.82) is 0 Å². The van der Waals surface area contributed by atoms with Gasteiger partial charge >= 0.3 is 0 Å². The Kier molecular flexibility index (Phi) is 2.88. The lowest BCUT2D eigenvalue weighted by Crippen LogP contribution is -2.71. The first-order valence-corrected chi connectivity index (χ1v) is 6.51. The molecule has 1 aromatic carbocycles. The molecule has 0 aromatic heterocycles. The summed E-state index contributed by atoms with van der Waals surface area (Å²) < 4.78 is 0. The van der Waals surface area contributed by atoms with E-state index in [4.69, 9.17) is 16.5 Å². The summed E-state index contributed by atoms with van der Waals surface area (Å²) in [6.45, 7) is 0. The molecule has 2 fully saturated rings. The molecule has 3 heterocycles. The zero-order chi connectivity index (χ0) is 13.5. The minimum atomic E-state index is -0.201. The maximum atomic E-state index is 5.99. The van der Waals surface area contributed by atoms with E-state index in [2.05, 4.69) is 37.8 Å². The highest BCUT2D eigenvalue weighted by atomic mass is 35.5. The SMILES string of the molecule is Clc1cccc(NC2NC3NONC3N3NNN=C23)c1. The molecule has 106 valence electrons. The molecule has 3 aliphatic heterocycles. The predicted molar refractivity (Wildman–Crippen MR) is 72.5 cm³/mol. The molecule has 0 spiro atoms. The second-order valence-corrected chi connectivity index (χ2v) is 5.01. The number of nitrogens with one attached hydrogen (secondary N) is 6. The van der Waals surface area contributed by atoms with Gasteiger partial charge in [-0.05, 0) is 18.2 Å². The van der Waals surface area contributed by atoms with Gasteiger partial charge < -0.3 is 5.32 Å². The molecule has 3 aliphatic rings. The topological polar surface area (TPSA) is 97.0 Å². The van der Waals surface area contributed by atoms with Gasteiger partial charge in [-0.25, -0.2) is 15.5 Å². The zero-order valence-electron chi connectivity index (χ0n) is 10.2. The first kappa shape index (κ1) is 12.1. The fraction of sp³-hybridized carbons (Fsp3) is 0.300. The lowest BCUT2D eigenvalue weighted by Gasteiger charge is -2.38. The van der Waals surface area contributed by atoms with Gasteiger partial charge in [0.2, 0.25) is 0 Å². The number of nitrogens with zero attached hydrogens (tertiary/aromatic N) is 2. The lowest BCUT2D eigenvalue weighted by atomic mass is 10.2. The molecule has 3 unspecified atom stereocenters. The molecule has 3 atom stereocenters. The second kappa shape index (κ2) is 4.74. The van der Waals surface area contributed by atoms with Crippen molar-refractivity contribution in [3.05, 3.63) is 29.3 Å². The van der Waals surface area contributed by atoms with Gasteiger partial charge in [0.25, 0.3) is 0 Å². The van der Waals surface area contributed by atoms with Crippen molar-refractivity contribution >= 4 is 23.1 Å². The van der Waals surface area contributed by atoms with Gasteiger partial charge in [0.15, 0.2) is 12.0 Å². The van der Waals surface area contributed by atoms with Crippen molar-refractivity contribution in [3.63, 3.8) is 0 Å². The Morgan fingerprint density at radius 2 is 2.30 bits per heavy atom. The van der Waals surface area contributed by atoms with E-state index in [1.54, 1.807) is 0 Å². The smallest absolute Gasteiger partial charge is 0.181 e. The molecule has 0 bridgehead atoms. The van der Waals surface area contributed by atoms with Crippen LogP contribution in [-0.4, -0.2) is 29.3 Å². The average molecular weight is 297 g/mol. The molecule has 6 N–H and O–H groups in total. The summed E-state index contributed by atoms with van der Waals surface area (Å²) in [6, 6.07) is 7.51. The van der Waals surface area contributed by atoms with Crippen molar-refractivity contribution in [2.75, 3.05) is 5.32 Å². The summed E-state index contributed by atoms with van der Waals surface area (Å²) in [5, 5.41) is 13.4. The molecule has 0 radical (unpaired) electrons. The van der Waals surface area contributed by atoms with Crippen LogP contribution < -0.4 is 32.7 Å². The van der Waals surface area contributed by atoms with Gasteiger partial charge in [0.1, 0.15) is 12.3 Å². The van der Waals surface area contributed by atoms with E-state index in [9.17, 15) is 0 Å². The first-order chi connectivity index (χ1) is 9.81. The van der Waals surface area contributed by atoms with Gasteiger partial charge in [-0.15, -0.1) is 10.6 Å². The molecular weight excluding hydrogens is 284 g/mol. The number of hydrazone groups is 1. The third-order valence-corrected chi connectivity index (χ3v) is 3.52. The van der Waals surface area contributed by atoms with Gasteiger partial charge in [0.05, 0.1) is 0 Å². The normalized spacial score (nSPS) is 31.4. The van der Waals surface area contributed by atoms with Crippen molar-refractivity contribution in [2.24, 2.45) is 5.10 Å². The van der Waals surface area contributed by atoms with E-state index in [0.29, 0.717) is 5.02 Å². The number of anilines is 1. The number of hydrogen-bond acceptors (Lipinski definition) is 9. The van der Waals surface area contributed by atoms with E-state index in [1.807, 2.05) is 29.3 Å². The summed E-state index contributed by atoms with van der Waals surface area (Å²) in [4.78, 5) is 5.04. The van der Waals surface area contributed by atoms with Crippen LogP contribution in [0.25, 0.3) is 0 Å². The number of benzene rings is 1. The highest BCUT2D eigenvalue weighted by Crippen LogP contribution is 2.19.